The normalized spacial score (nSPS) is 23.3. The lowest BCUT2D eigenvalue weighted by atomic mass is 9.75. The van der Waals surface area contributed by atoms with Gasteiger partial charge in [0.1, 0.15) is 5.82 Å². The van der Waals surface area contributed by atoms with Crippen molar-refractivity contribution in [3.8, 4) is 0 Å². The lowest BCUT2D eigenvalue weighted by Gasteiger charge is -2.38. The molecule has 0 aliphatic heterocycles. The molecule has 1 aliphatic rings. The van der Waals surface area contributed by atoms with Crippen molar-refractivity contribution in [1.82, 2.24) is 15.1 Å². The molecule has 1 fully saturated rings. The molecule has 1 unspecified atom stereocenters. The molecule has 4 heteroatoms. The van der Waals surface area contributed by atoms with Crippen LogP contribution in [-0.2, 0) is 6.54 Å². The quantitative estimate of drug-likeness (QED) is 0.907. The number of hydrogen-bond donors (Lipinski definition) is 1. The number of nitrogens with zero attached hydrogens (tertiary/aromatic N) is 2. The zero-order chi connectivity index (χ0) is 13.9. The molecule has 106 valence electrons. The standard InChI is InChI=1S/C16H20FN3/c1-12(11-20-7-3-6-18-20)19-16-9-14(10-16)13-4-2-5-15(17)8-13/h2-8,12,14,16,19H,9-11H2,1H3. The maximum atomic E-state index is 13.2. The maximum absolute atomic E-state index is 13.2. The van der Waals surface area contributed by atoms with E-state index in [9.17, 15) is 4.39 Å². The van der Waals surface area contributed by atoms with Crippen LogP contribution >= 0.6 is 0 Å². The predicted octanol–water partition coefficient (Wildman–Crippen LogP) is 2.95. The number of aromatic nitrogens is 2. The van der Waals surface area contributed by atoms with Gasteiger partial charge >= 0.3 is 0 Å². The van der Waals surface area contributed by atoms with E-state index in [1.165, 1.54) is 6.07 Å². The fourth-order valence-corrected chi connectivity index (χ4v) is 2.93. The van der Waals surface area contributed by atoms with Crippen LogP contribution in [0.1, 0.15) is 31.2 Å². The number of rotatable bonds is 5. The number of benzene rings is 1. The molecule has 2 aromatic rings. The molecule has 20 heavy (non-hydrogen) atoms. The molecule has 3 nitrogen and oxygen atoms in total. The van der Waals surface area contributed by atoms with E-state index in [1.807, 2.05) is 23.0 Å². The first-order valence-electron chi connectivity index (χ1n) is 7.19. The number of halogens is 1. The van der Waals surface area contributed by atoms with Crippen LogP contribution < -0.4 is 5.32 Å². The van der Waals surface area contributed by atoms with Crippen LogP contribution in [-0.4, -0.2) is 21.9 Å². The Morgan fingerprint density at radius 3 is 2.95 bits per heavy atom. The summed E-state index contributed by atoms with van der Waals surface area (Å²) >= 11 is 0. The lowest BCUT2D eigenvalue weighted by molar-refractivity contribution is 0.257. The molecular formula is C16H20FN3. The Kier molecular flexibility index (Phi) is 3.83. The van der Waals surface area contributed by atoms with E-state index in [0.29, 0.717) is 18.0 Å². The van der Waals surface area contributed by atoms with Crippen LogP contribution in [0.15, 0.2) is 42.7 Å². The minimum Gasteiger partial charge on any atom is -0.310 e. The van der Waals surface area contributed by atoms with Crippen LogP contribution in [0.3, 0.4) is 0 Å². The summed E-state index contributed by atoms with van der Waals surface area (Å²) in [4.78, 5) is 0. The summed E-state index contributed by atoms with van der Waals surface area (Å²) in [6.07, 6.45) is 5.96. The van der Waals surface area contributed by atoms with E-state index in [2.05, 4.69) is 17.3 Å². The molecule has 0 saturated heterocycles. The Bertz CT molecular complexity index is 547. The van der Waals surface area contributed by atoms with Crippen LogP contribution in [0, 0.1) is 5.82 Å². The van der Waals surface area contributed by atoms with E-state index < -0.39 is 0 Å². The fraction of sp³-hybridized carbons (Fsp3) is 0.438. The van der Waals surface area contributed by atoms with Gasteiger partial charge in [-0.3, -0.25) is 4.68 Å². The lowest BCUT2D eigenvalue weighted by Crippen LogP contribution is -2.45. The second-order valence-electron chi connectivity index (χ2n) is 5.72. The highest BCUT2D eigenvalue weighted by molar-refractivity contribution is 5.23. The van der Waals surface area contributed by atoms with E-state index in [0.717, 1.165) is 24.9 Å². The summed E-state index contributed by atoms with van der Waals surface area (Å²) in [6, 6.07) is 9.86. The largest absolute Gasteiger partial charge is 0.310 e. The van der Waals surface area contributed by atoms with Crippen molar-refractivity contribution in [2.24, 2.45) is 0 Å². The summed E-state index contributed by atoms with van der Waals surface area (Å²) in [6.45, 7) is 3.06. The van der Waals surface area contributed by atoms with E-state index in [-0.39, 0.29) is 5.82 Å². The maximum Gasteiger partial charge on any atom is 0.123 e. The number of hydrogen-bond acceptors (Lipinski definition) is 2. The molecule has 0 bridgehead atoms. The Hall–Kier alpha value is -1.68. The van der Waals surface area contributed by atoms with Gasteiger partial charge in [-0.2, -0.15) is 5.10 Å². The Morgan fingerprint density at radius 1 is 1.40 bits per heavy atom. The van der Waals surface area contributed by atoms with Gasteiger partial charge in [-0.05, 0) is 49.4 Å². The Labute approximate surface area is 118 Å². The molecule has 3 rings (SSSR count). The Balaban J connectivity index is 1.46. The molecule has 0 spiro atoms. The van der Waals surface area contributed by atoms with Crippen molar-refractivity contribution in [2.45, 2.75) is 44.3 Å². The molecule has 1 atom stereocenters. The topological polar surface area (TPSA) is 29.9 Å². The zero-order valence-electron chi connectivity index (χ0n) is 11.7. The van der Waals surface area contributed by atoms with Gasteiger partial charge in [0.15, 0.2) is 0 Å². The average Bonchev–Trinajstić information content (AvgIpc) is 2.86. The van der Waals surface area contributed by atoms with Crippen LogP contribution in [0.4, 0.5) is 4.39 Å². The smallest absolute Gasteiger partial charge is 0.123 e. The van der Waals surface area contributed by atoms with Gasteiger partial charge in [0, 0.05) is 24.5 Å². The predicted molar refractivity (Wildman–Crippen MR) is 77.0 cm³/mol. The van der Waals surface area contributed by atoms with Gasteiger partial charge in [0.25, 0.3) is 0 Å². The summed E-state index contributed by atoms with van der Waals surface area (Å²) in [5.74, 6) is 0.367. The molecule has 1 N–H and O–H groups in total. The highest BCUT2D eigenvalue weighted by Crippen LogP contribution is 2.37. The zero-order valence-corrected chi connectivity index (χ0v) is 11.7. The van der Waals surface area contributed by atoms with Gasteiger partial charge in [-0.25, -0.2) is 4.39 Å². The van der Waals surface area contributed by atoms with Crippen LogP contribution in [0.5, 0.6) is 0 Å². The SMILES string of the molecule is CC(Cn1cccn1)NC1CC(c2cccc(F)c2)C1. The third-order valence-electron chi connectivity index (χ3n) is 4.00. The van der Waals surface area contributed by atoms with Crippen molar-refractivity contribution in [2.75, 3.05) is 0 Å². The van der Waals surface area contributed by atoms with Crippen LogP contribution in [0.25, 0.3) is 0 Å². The van der Waals surface area contributed by atoms with Gasteiger partial charge < -0.3 is 5.32 Å². The minimum absolute atomic E-state index is 0.133. The molecule has 1 aromatic carbocycles. The monoisotopic (exact) mass is 273 g/mol. The summed E-state index contributed by atoms with van der Waals surface area (Å²) in [5, 5.41) is 7.83. The van der Waals surface area contributed by atoms with E-state index >= 15 is 0 Å². The summed E-state index contributed by atoms with van der Waals surface area (Å²) in [5.41, 5.74) is 1.13. The first-order chi connectivity index (χ1) is 9.70. The first kappa shape index (κ1) is 13.3. The Morgan fingerprint density at radius 2 is 2.25 bits per heavy atom. The highest BCUT2D eigenvalue weighted by Gasteiger charge is 2.31. The van der Waals surface area contributed by atoms with Crippen LogP contribution in [0.2, 0.25) is 0 Å². The molecule has 0 amide bonds. The number of nitrogens with one attached hydrogen (secondary N) is 1. The van der Waals surface area contributed by atoms with Crippen molar-refractivity contribution in [3.63, 3.8) is 0 Å². The second-order valence-corrected chi connectivity index (χ2v) is 5.72. The molecule has 0 radical (unpaired) electrons. The molecular weight excluding hydrogens is 253 g/mol. The minimum atomic E-state index is -0.133. The molecule has 1 saturated carbocycles. The van der Waals surface area contributed by atoms with Gasteiger partial charge in [-0.15, -0.1) is 0 Å². The van der Waals surface area contributed by atoms with E-state index in [4.69, 9.17) is 0 Å². The summed E-state index contributed by atoms with van der Waals surface area (Å²) < 4.78 is 15.1. The third kappa shape index (κ3) is 3.07. The van der Waals surface area contributed by atoms with Gasteiger partial charge in [0.2, 0.25) is 0 Å². The van der Waals surface area contributed by atoms with Gasteiger partial charge in [-0.1, -0.05) is 12.1 Å². The second kappa shape index (κ2) is 5.75. The average molecular weight is 273 g/mol. The van der Waals surface area contributed by atoms with E-state index in [1.54, 1.807) is 18.3 Å². The highest BCUT2D eigenvalue weighted by atomic mass is 19.1. The van der Waals surface area contributed by atoms with Gasteiger partial charge in [0.05, 0.1) is 6.54 Å². The first-order valence-corrected chi connectivity index (χ1v) is 7.19. The molecule has 1 heterocycles. The molecule has 1 aliphatic carbocycles. The van der Waals surface area contributed by atoms with Crippen molar-refractivity contribution in [1.29, 1.82) is 0 Å². The third-order valence-corrected chi connectivity index (χ3v) is 4.00. The molecule has 1 aromatic heterocycles. The summed E-state index contributed by atoms with van der Waals surface area (Å²) in [7, 11) is 0. The van der Waals surface area contributed by atoms with Crippen molar-refractivity contribution in [3.05, 3.63) is 54.1 Å². The van der Waals surface area contributed by atoms with Crippen molar-refractivity contribution < 1.29 is 4.39 Å². The van der Waals surface area contributed by atoms with Crippen molar-refractivity contribution >= 4 is 0 Å². The fourth-order valence-electron chi connectivity index (χ4n) is 2.93.